The molecule has 0 fully saturated rings. The fourth-order valence-corrected chi connectivity index (χ4v) is 2.61. The van der Waals surface area contributed by atoms with E-state index >= 15 is 0 Å². The average molecular weight is 355 g/mol. The number of benzene rings is 1. The lowest BCUT2D eigenvalue weighted by Gasteiger charge is -2.14. The van der Waals surface area contributed by atoms with Crippen molar-refractivity contribution < 1.29 is 13.2 Å². The van der Waals surface area contributed by atoms with Crippen LogP contribution in [0.2, 0.25) is 5.02 Å². The molecule has 0 saturated carbocycles. The van der Waals surface area contributed by atoms with Crippen LogP contribution in [0, 0.1) is 6.92 Å². The number of anilines is 1. The van der Waals surface area contributed by atoms with Gasteiger partial charge in [0.25, 0.3) is 0 Å². The van der Waals surface area contributed by atoms with Crippen molar-refractivity contribution in [1.29, 1.82) is 0 Å². The first-order chi connectivity index (χ1) is 11.2. The lowest BCUT2D eigenvalue weighted by molar-refractivity contribution is -0.141. The quantitative estimate of drug-likeness (QED) is 0.727. The van der Waals surface area contributed by atoms with Gasteiger partial charge in [-0.25, -0.2) is 14.3 Å². The maximum Gasteiger partial charge on any atom is 0.433 e. The summed E-state index contributed by atoms with van der Waals surface area (Å²) in [4.78, 5) is 19.5. The fourth-order valence-electron chi connectivity index (χ4n) is 2.29. The van der Waals surface area contributed by atoms with Crippen LogP contribution < -0.4 is 11.4 Å². The minimum atomic E-state index is -4.66. The maximum atomic E-state index is 13.0. The van der Waals surface area contributed by atoms with E-state index in [0.717, 1.165) is 22.3 Å². The van der Waals surface area contributed by atoms with Gasteiger partial charge in [-0.05, 0) is 36.8 Å². The van der Waals surface area contributed by atoms with Crippen molar-refractivity contribution in [2.45, 2.75) is 13.1 Å². The number of alkyl halides is 3. The molecular formula is C15H10ClF3N4O. The van der Waals surface area contributed by atoms with E-state index < -0.39 is 17.6 Å². The second kappa shape index (κ2) is 5.48. The van der Waals surface area contributed by atoms with Gasteiger partial charge in [-0.3, -0.25) is 0 Å². The van der Waals surface area contributed by atoms with E-state index in [1.165, 1.54) is 6.07 Å². The highest BCUT2D eigenvalue weighted by molar-refractivity contribution is 6.32. The van der Waals surface area contributed by atoms with Crippen LogP contribution in [0.15, 0.2) is 35.1 Å². The smallest absolute Gasteiger partial charge is 0.383 e. The number of aromatic nitrogens is 3. The van der Waals surface area contributed by atoms with E-state index in [1.807, 2.05) is 0 Å². The highest BCUT2D eigenvalue weighted by Gasteiger charge is 2.33. The number of fused-ring (bicyclic) bond motifs is 1. The zero-order valence-corrected chi connectivity index (χ0v) is 13.0. The summed E-state index contributed by atoms with van der Waals surface area (Å²) in [6.07, 6.45) is -4.66. The molecule has 0 atom stereocenters. The minimum absolute atomic E-state index is 0.124. The van der Waals surface area contributed by atoms with Gasteiger partial charge in [0.05, 0.1) is 16.1 Å². The molecule has 3 aromatic rings. The zero-order chi connectivity index (χ0) is 17.6. The Morgan fingerprint density at radius 1 is 1.17 bits per heavy atom. The Morgan fingerprint density at radius 3 is 2.50 bits per heavy atom. The summed E-state index contributed by atoms with van der Waals surface area (Å²) in [5.41, 5.74) is 4.39. The van der Waals surface area contributed by atoms with Crippen LogP contribution in [-0.4, -0.2) is 14.5 Å². The Balaban J connectivity index is 2.44. The van der Waals surface area contributed by atoms with Gasteiger partial charge in [0, 0.05) is 0 Å². The molecule has 3 rings (SSSR count). The van der Waals surface area contributed by atoms with Crippen LogP contribution >= 0.6 is 11.6 Å². The maximum absolute atomic E-state index is 13.0. The first kappa shape index (κ1) is 16.3. The molecule has 0 aliphatic heterocycles. The van der Waals surface area contributed by atoms with Crippen molar-refractivity contribution >= 4 is 28.5 Å². The van der Waals surface area contributed by atoms with Crippen molar-refractivity contribution in [3.63, 3.8) is 0 Å². The Hall–Kier alpha value is -2.61. The molecular weight excluding hydrogens is 345 g/mol. The van der Waals surface area contributed by atoms with Gasteiger partial charge in [-0.15, -0.1) is 0 Å². The van der Waals surface area contributed by atoms with E-state index in [1.54, 1.807) is 19.1 Å². The minimum Gasteiger partial charge on any atom is -0.383 e. The Kier molecular flexibility index (Phi) is 3.71. The monoisotopic (exact) mass is 354 g/mol. The van der Waals surface area contributed by atoms with Crippen LogP contribution in [0.3, 0.4) is 0 Å². The second-order valence-electron chi connectivity index (χ2n) is 5.14. The Bertz CT molecular complexity index is 1010. The number of nitrogen functional groups attached to an aromatic ring is 1. The van der Waals surface area contributed by atoms with Gasteiger partial charge in [-0.1, -0.05) is 17.7 Å². The molecule has 0 spiro atoms. The molecule has 0 radical (unpaired) electrons. The van der Waals surface area contributed by atoms with Gasteiger partial charge < -0.3 is 5.73 Å². The van der Waals surface area contributed by atoms with Crippen LogP contribution in [0.25, 0.3) is 16.7 Å². The van der Waals surface area contributed by atoms with Crippen molar-refractivity contribution in [2.75, 3.05) is 5.73 Å². The summed E-state index contributed by atoms with van der Waals surface area (Å²) in [5, 5.41) is 0.309. The lowest BCUT2D eigenvalue weighted by atomic mass is 10.2. The van der Waals surface area contributed by atoms with E-state index in [0.29, 0.717) is 0 Å². The Morgan fingerprint density at radius 2 is 1.88 bits per heavy atom. The van der Waals surface area contributed by atoms with Crippen LogP contribution in [-0.2, 0) is 6.18 Å². The number of rotatable bonds is 1. The summed E-state index contributed by atoms with van der Waals surface area (Å²) < 4.78 is 39.8. The molecule has 2 aromatic heterocycles. The van der Waals surface area contributed by atoms with Crippen molar-refractivity contribution in [2.24, 2.45) is 0 Å². The number of hydrogen-bond acceptors (Lipinski definition) is 4. The molecule has 1 aromatic carbocycles. The number of nitrogens with zero attached hydrogens (tertiary/aromatic N) is 3. The molecule has 9 heteroatoms. The normalized spacial score (nSPS) is 11.9. The molecule has 0 aliphatic rings. The number of nitrogens with two attached hydrogens (primary N) is 1. The van der Waals surface area contributed by atoms with E-state index in [4.69, 9.17) is 17.3 Å². The molecule has 0 saturated heterocycles. The fraction of sp³-hybridized carbons (Fsp3) is 0.133. The standard InChI is InChI=1S/C15H10ClF3N4O/c1-7-2-4-10(9(16)6-7)23-13-8(12(20)22-14(23)24)3-5-11(21-13)15(17,18)19/h2-6H,1H3,(H2,20,22,24). The summed E-state index contributed by atoms with van der Waals surface area (Å²) in [6.45, 7) is 1.79. The van der Waals surface area contributed by atoms with Crippen LogP contribution in [0.1, 0.15) is 11.3 Å². The highest BCUT2D eigenvalue weighted by atomic mass is 35.5. The number of aryl methyl sites for hydroxylation is 1. The molecule has 124 valence electrons. The first-order valence-electron chi connectivity index (χ1n) is 6.71. The van der Waals surface area contributed by atoms with Crippen molar-refractivity contribution in [3.8, 4) is 5.69 Å². The largest absolute Gasteiger partial charge is 0.433 e. The number of halogens is 4. The van der Waals surface area contributed by atoms with Crippen LogP contribution in [0.5, 0.6) is 0 Å². The highest BCUT2D eigenvalue weighted by Crippen LogP contribution is 2.31. The third kappa shape index (κ3) is 2.69. The van der Waals surface area contributed by atoms with Gasteiger partial charge in [0.1, 0.15) is 11.5 Å². The second-order valence-corrected chi connectivity index (χ2v) is 5.54. The van der Waals surface area contributed by atoms with Crippen molar-refractivity contribution in [1.82, 2.24) is 14.5 Å². The molecule has 0 bridgehead atoms. The summed E-state index contributed by atoms with van der Waals surface area (Å²) in [5.74, 6) is -0.198. The van der Waals surface area contributed by atoms with Gasteiger partial charge >= 0.3 is 11.9 Å². The molecule has 2 heterocycles. The van der Waals surface area contributed by atoms with E-state index in [2.05, 4.69) is 9.97 Å². The number of hydrogen-bond donors (Lipinski definition) is 1. The third-order valence-corrected chi connectivity index (χ3v) is 3.71. The summed E-state index contributed by atoms with van der Waals surface area (Å²) in [6, 6.07) is 6.68. The van der Waals surface area contributed by atoms with Gasteiger partial charge in [-0.2, -0.15) is 18.2 Å². The van der Waals surface area contributed by atoms with E-state index in [-0.39, 0.29) is 27.6 Å². The molecule has 0 amide bonds. The topological polar surface area (TPSA) is 73.8 Å². The first-order valence-corrected chi connectivity index (χ1v) is 7.09. The molecule has 5 nitrogen and oxygen atoms in total. The molecule has 0 unspecified atom stereocenters. The van der Waals surface area contributed by atoms with Gasteiger partial charge in [0.2, 0.25) is 0 Å². The predicted octanol–water partition coefficient (Wildman–Crippen LogP) is 3.34. The van der Waals surface area contributed by atoms with Crippen LogP contribution in [0.4, 0.5) is 19.0 Å². The van der Waals surface area contributed by atoms with Crippen molar-refractivity contribution in [3.05, 3.63) is 57.1 Å². The summed E-state index contributed by atoms with van der Waals surface area (Å²) >= 11 is 6.14. The molecule has 2 N–H and O–H groups in total. The molecule has 24 heavy (non-hydrogen) atoms. The zero-order valence-electron chi connectivity index (χ0n) is 12.2. The average Bonchev–Trinajstić information content (AvgIpc) is 2.47. The molecule has 0 aliphatic carbocycles. The number of pyridine rings is 1. The van der Waals surface area contributed by atoms with E-state index in [9.17, 15) is 18.0 Å². The SMILES string of the molecule is Cc1ccc(-n2c(=O)nc(N)c3ccc(C(F)(F)F)nc32)c(Cl)c1. The summed E-state index contributed by atoms with van der Waals surface area (Å²) in [7, 11) is 0. The Labute approximate surface area is 138 Å². The lowest BCUT2D eigenvalue weighted by Crippen LogP contribution is -2.25. The third-order valence-electron chi connectivity index (χ3n) is 3.40. The van der Waals surface area contributed by atoms with Gasteiger partial charge in [0.15, 0.2) is 5.65 Å². The predicted molar refractivity (Wildman–Crippen MR) is 84.3 cm³/mol.